The average Bonchev–Trinajstić information content (AvgIpc) is 2.90. The number of nitrogens with zero attached hydrogens (tertiary/aromatic N) is 1. The van der Waals surface area contributed by atoms with Crippen LogP contribution in [-0.2, 0) is 14.3 Å². The summed E-state index contributed by atoms with van der Waals surface area (Å²) in [5.74, 6) is -1.17. The van der Waals surface area contributed by atoms with E-state index >= 15 is 0 Å². The first-order valence-electron chi connectivity index (χ1n) is 6.71. The quantitative estimate of drug-likeness (QED) is 0.652. The monoisotopic (exact) mass is 366 g/mol. The van der Waals surface area contributed by atoms with Gasteiger partial charge >= 0.3 is 12.0 Å². The molecule has 0 aromatic heterocycles. The predicted octanol–water partition coefficient (Wildman–Crippen LogP) is 1.95. The lowest BCUT2D eigenvalue weighted by atomic mass is 10.2. The number of carbonyl (C=O) groups excluding carboxylic acids is 3. The van der Waals surface area contributed by atoms with Gasteiger partial charge in [0, 0.05) is 23.6 Å². The Kier molecular flexibility index (Phi) is 5.32. The van der Waals surface area contributed by atoms with Crippen molar-refractivity contribution in [2.45, 2.75) is 13.0 Å². The zero-order valence-electron chi connectivity index (χ0n) is 11.9. The first-order chi connectivity index (χ1) is 10.5. The van der Waals surface area contributed by atoms with Crippen LogP contribution in [0.5, 0.6) is 0 Å². The highest BCUT2D eigenvalue weighted by molar-refractivity contribution is 9.10. The fourth-order valence-corrected chi connectivity index (χ4v) is 2.36. The summed E-state index contributed by atoms with van der Waals surface area (Å²) in [5, 5.41) is 2.52. The van der Waals surface area contributed by atoms with E-state index in [4.69, 9.17) is 4.74 Å². The van der Waals surface area contributed by atoms with Crippen LogP contribution in [0.3, 0.4) is 0 Å². The van der Waals surface area contributed by atoms with Gasteiger partial charge in [-0.1, -0.05) is 28.1 Å². The summed E-state index contributed by atoms with van der Waals surface area (Å²) in [6.07, 6.45) is 1.83. The van der Waals surface area contributed by atoms with E-state index in [9.17, 15) is 14.4 Å². The van der Waals surface area contributed by atoms with Crippen LogP contribution in [0, 0.1) is 0 Å². The summed E-state index contributed by atoms with van der Waals surface area (Å²) in [5.41, 5.74) is 0.823. The van der Waals surface area contributed by atoms with Gasteiger partial charge in [0.1, 0.15) is 0 Å². The lowest BCUT2D eigenvalue weighted by molar-refractivity contribution is -0.153. The van der Waals surface area contributed by atoms with Gasteiger partial charge in [-0.25, -0.2) is 9.59 Å². The molecule has 7 heteroatoms. The second-order valence-electron chi connectivity index (χ2n) is 4.69. The summed E-state index contributed by atoms with van der Waals surface area (Å²) in [4.78, 5) is 36.1. The summed E-state index contributed by atoms with van der Waals surface area (Å²) >= 11 is 3.33. The number of nitrogens with one attached hydrogen (secondary N) is 1. The molecule has 1 aliphatic heterocycles. The Balaban J connectivity index is 1.91. The topological polar surface area (TPSA) is 75.7 Å². The van der Waals surface area contributed by atoms with Crippen LogP contribution in [0.25, 0.3) is 6.08 Å². The Morgan fingerprint density at radius 1 is 1.45 bits per heavy atom. The number of urea groups is 1. The molecule has 0 bridgehead atoms. The van der Waals surface area contributed by atoms with Gasteiger partial charge in [0.2, 0.25) is 0 Å². The standard InChI is InChI=1S/C15H15BrN2O4/c1-10(14(20)18-8-7-17-15(18)21)22-13(19)6-5-11-3-2-4-12(16)9-11/h2-6,9-10H,7-8H2,1H3,(H,17,21)/b6-5+/t10-/m0/s1. The smallest absolute Gasteiger partial charge is 0.331 e. The van der Waals surface area contributed by atoms with Gasteiger partial charge in [-0.2, -0.15) is 0 Å². The Labute approximate surface area is 136 Å². The van der Waals surface area contributed by atoms with Crippen molar-refractivity contribution < 1.29 is 19.1 Å². The van der Waals surface area contributed by atoms with Gasteiger partial charge in [0.15, 0.2) is 6.10 Å². The van der Waals surface area contributed by atoms with Crippen molar-refractivity contribution in [2.75, 3.05) is 13.1 Å². The minimum atomic E-state index is -1.01. The molecule has 1 aromatic rings. The molecule has 6 nitrogen and oxygen atoms in total. The molecule has 1 heterocycles. The maximum absolute atomic E-state index is 12.0. The lowest BCUT2D eigenvalue weighted by Crippen LogP contribution is -2.41. The highest BCUT2D eigenvalue weighted by Crippen LogP contribution is 2.13. The molecule has 0 aliphatic carbocycles. The number of ether oxygens (including phenoxy) is 1. The largest absolute Gasteiger partial charge is 0.449 e. The van der Waals surface area contributed by atoms with Crippen LogP contribution in [0.1, 0.15) is 12.5 Å². The zero-order chi connectivity index (χ0) is 16.1. The molecule has 0 unspecified atom stereocenters. The van der Waals surface area contributed by atoms with Gasteiger partial charge in [-0.15, -0.1) is 0 Å². The number of esters is 1. The third-order valence-corrected chi connectivity index (χ3v) is 3.52. The first kappa shape index (κ1) is 16.2. The number of amides is 3. The van der Waals surface area contributed by atoms with Gasteiger partial charge in [0.05, 0.1) is 0 Å². The zero-order valence-corrected chi connectivity index (χ0v) is 13.5. The molecule has 0 saturated carbocycles. The fraction of sp³-hybridized carbons (Fsp3) is 0.267. The third-order valence-electron chi connectivity index (χ3n) is 3.02. The predicted molar refractivity (Wildman–Crippen MR) is 83.8 cm³/mol. The molecule has 1 aliphatic rings. The van der Waals surface area contributed by atoms with Crippen molar-refractivity contribution in [2.24, 2.45) is 0 Å². The Hall–Kier alpha value is -2.15. The lowest BCUT2D eigenvalue weighted by Gasteiger charge is -2.17. The number of benzene rings is 1. The molecule has 22 heavy (non-hydrogen) atoms. The van der Waals surface area contributed by atoms with E-state index < -0.39 is 24.0 Å². The minimum absolute atomic E-state index is 0.285. The molecule has 2 rings (SSSR count). The normalized spacial score (nSPS) is 15.7. The van der Waals surface area contributed by atoms with Crippen LogP contribution < -0.4 is 5.32 Å². The highest BCUT2D eigenvalue weighted by atomic mass is 79.9. The van der Waals surface area contributed by atoms with Crippen LogP contribution in [0.4, 0.5) is 4.79 Å². The van der Waals surface area contributed by atoms with Crippen molar-refractivity contribution in [3.8, 4) is 0 Å². The number of carbonyl (C=O) groups is 3. The number of rotatable bonds is 4. The molecule has 1 saturated heterocycles. The number of hydrogen-bond acceptors (Lipinski definition) is 4. The van der Waals surface area contributed by atoms with Crippen LogP contribution in [-0.4, -0.2) is 42.0 Å². The Morgan fingerprint density at radius 3 is 2.86 bits per heavy atom. The van der Waals surface area contributed by atoms with E-state index in [0.717, 1.165) is 14.9 Å². The molecule has 1 N–H and O–H groups in total. The maximum Gasteiger partial charge on any atom is 0.331 e. The molecule has 1 aromatic carbocycles. The van der Waals surface area contributed by atoms with Crippen LogP contribution >= 0.6 is 15.9 Å². The summed E-state index contributed by atoms with van der Waals surface area (Å²) in [7, 11) is 0. The average molecular weight is 367 g/mol. The number of halogens is 1. The van der Waals surface area contributed by atoms with Crippen molar-refractivity contribution in [1.82, 2.24) is 10.2 Å². The molecular weight excluding hydrogens is 352 g/mol. The van der Waals surface area contributed by atoms with Crippen molar-refractivity contribution in [1.29, 1.82) is 0 Å². The summed E-state index contributed by atoms with van der Waals surface area (Å²) < 4.78 is 5.91. The van der Waals surface area contributed by atoms with Gasteiger partial charge in [0.25, 0.3) is 5.91 Å². The summed E-state index contributed by atoms with van der Waals surface area (Å²) in [6.45, 7) is 2.14. The molecule has 116 valence electrons. The Bertz CT molecular complexity index is 630. The van der Waals surface area contributed by atoms with Gasteiger partial charge in [-0.05, 0) is 30.7 Å². The highest BCUT2D eigenvalue weighted by Gasteiger charge is 2.31. The maximum atomic E-state index is 12.0. The summed E-state index contributed by atoms with van der Waals surface area (Å²) in [6, 6.07) is 6.92. The van der Waals surface area contributed by atoms with Crippen LogP contribution in [0.2, 0.25) is 0 Å². The number of imide groups is 1. The minimum Gasteiger partial charge on any atom is -0.449 e. The first-order valence-corrected chi connectivity index (χ1v) is 7.50. The van der Waals surface area contributed by atoms with E-state index in [0.29, 0.717) is 6.54 Å². The second-order valence-corrected chi connectivity index (χ2v) is 5.60. The second kappa shape index (κ2) is 7.22. The van der Waals surface area contributed by atoms with E-state index in [1.54, 1.807) is 6.08 Å². The van der Waals surface area contributed by atoms with E-state index in [2.05, 4.69) is 21.2 Å². The molecule has 1 atom stereocenters. The molecule has 0 spiro atoms. The van der Waals surface area contributed by atoms with E-state index in [1.807, 2.05) is 24.3 Å². The van der Waals surface area contributed by atoms with Crippen molar-refractivity contribution in [3.05, 3.63) is 40.4 Å². The molecule has 0 radical (unpaired) electrons. The van der Waals surface area contributed by atoms with E-state index in [1.165, 1.54) is 13.0 Å². The Morgan fingerprint density at radius 2 is 2.23 bits per heavy atom. The van der Waals surface area contributed by atoms with Crippen LogP contribution in [0.15, 0.2) is 34.8 Å². The van der Waals surface area contributed by atoms with Gasteiger partial charge in [-0.3, -0.25) is 9.69 Å². The molecule has 3 amide bonds. The van der Waals surface area contributed by atoms with Crippen molar-refractivity contribution >= 4 is 39.9 Å². The third kappa shape index (κ3) is 4.17. The molecular formula is C15H15BrN2O4. The molecule has 1 fully saturated rings. The fourth-order valence-electron chi connectivity index (χ4n) is 1.94. The van der Waals surface area contributed by atoms with E-state index in [-0.39, 0.29) is 6.54 Å². The van der Waals surface area contributed by atoms with Gasteiger partial charge < -0.3 is 10.1 Å². The number of hydrogen-bond donors (Lipinski definition) is 1. The van der Waals surface area contributed by atoms with Crippen molar-refractivity contribution in [3.63, 3.8) is 0 Å². The SMILES string of the molecule is C[C@H](OC(=O)/C=C/c1cccc(Br)c1)C(=O)N1CCNC1=O.